The van der Waals surface area contributed by atoms with Crippen LogP contribution in [0.15, 0.2) is 24.3 Å². The summed E-state index contributed by atoms with van der Waals surface area (Å²) in [5.41, 5.74) is 0.897. The number of carboxylic acid groups (broad SMARTS) is 1. The van der Waals surface area contributed by atoms with E-state index in [2.05, 4.69) is 0 Å². The molecule has 3 atom stereocenters. The van der Waals surface area contributed by atoms with Crippen LogP contribution in [0.2, 0.25) is 0 Å². The number of aliphatic hydroxyl groups is 1. The first-order valence-electron chi connectivity index (χ1n) is 5.99. The van der Waals surface area contributed by atoms with Crippen LogP contribution in [0.3, 0.4) is 0 Å². The summed E-state index contributed by atoms with van der Waals surface area (Å²) in [6, 6.07) is 7.34. The van der Waals surface area contributed by atoms with E-state index in [-0.39, 0.29) is 5.92 Å². The number of carbonyl (C=O) groups is 1. The van der Waals surface area contributed by atoms with Crippen LogP contribution >= 0.6 is 0 Å². The van der Waals surface area contributed by atoms with Crippen molar-refractivity contribution in [2.45, 2.75) is 26.4 Å². The number of benzene rings is 1. The topological polar surface area (TPSA) is 66.8 Å². The number of hydrogen-bond donors (Lipinski definition) is 2. The summed E-state index contributed by atoms with van der Waals surface area (Å²) < 4.78 is 5.11. The lowest BCUT2D eigenvalue weighted by atomic mass is 9.85. The quantitative estimate of drug-likeness (QED) is 0.812. The van der Waals surface area contributed by atoms with Gasteiger partial charge in [0.15, 0.2) is 0 Å². The molecule has 0 aliphatic carbocycles. The minimum atomic E-state index is -0.883. The third-order valence-electron chi connectivity index (χ3n) is 3.30. The van der Waals surface area contributed by atoms with Gasteiger partial charge in [-0.3, -0.25) is 4.79 Å². The second-order valence-electron chi connectivity index (χ2n) is 4.60. The zero-order valence-electron chi connectivity index (χ0n) is 11.0. The Morgan fingerprint density at radius 2 is 2.06 bits per heavy atom. The van der Waals surface area contributed by atoms with Crippen molar-refractivity contribution in [2.24, 2.45) is 11.8 Å². The van der Waals surface area contributed by atoms with Crippen LogP contribution in [-0.4, -0.2) is 29.4 Å². The van der Waals surface area contributed by atoms with Gasteiger partial charge in [-0.1, -0.05) is 19.1 Å². The standard InChI is InChI=1S/C14H20O4/c1-9(10(2)15)13(14(16)17)8-11-5-4-6-12(7-11)18-3/h4-7,9-10,13,15H,8H2,1-3H3,(H,16,17). The summed E-state index contributed by atoms with van der Waals surface area (Å²) in [5, 5.41) is 18.8. The molecule has 0 amide bonds. The van der Waals surface area contributed by atoms with Crippen molar-refractivity contribution in [2.75, 3.05) is 7.11 Å². The first-order chi connectivity index (χ1) is 8.45. The van der Waals surface area contributed by atoms with Crippen molar-refractivity contribution in [3.8, 4) is 5.75 Å². The maximum absolute atomic E-state index is 11.3. The van der Waals surface area contributed by atoms with Crippen LogP contribution in [0, 0.1) is 11.8 Å². The lowest BCUT2D eigenvalue weighted by Crippen LogP contribution is -2.30. The SMILES string of the molecule is COc1cccc(CC(C(=O)O)C(C)C(C)O)c1. The second-order valence-corrected chi connectivity index (χ2v) is 4.60. The number of aliphatic hydroxyl groups excluding tert-OH is 1. The predicted octanol–water partition coefficient (Wildman–Crippen LogP) is 1.96. The molecule has 0 aromatic heterocycles. The number of rotatable bonds is 6. The van der Waals surface area contributed by atoms with Crippen LogP contribution in [0.4, 0.5) is 0 Å². The molecule has 3 unspecified atom stereocenters. The van der Waals surface area contributed by atoms with E-state index in [4.69, 9.17) is 4.74 Å². The van der Waals surface area contributed by atoms with Crippen LogP contribution in [0.25, 0.3) is 0 Å². The molecule has 0 radical (unpaired) electrons. The molecule has 18 heavy (non-hydrogen) atoms. The molecule has 0 aliphatic heterocycles. The first kappa shape index (κ1) is 14.5. The molecule has 1 aromatic carbocycles. The Bertz CT molecular complexity index is 401. The molecule has 0 bridgehead atoms. The summed E-state index contributed by atoms with van der Waals surface area (Å²) in [6.45, 7) is 3.37. The largest absolute Gasteiger partial charge is 0.497 e. The van der Waals surface area contributed by atoms with Gasteiger partial charge in [0.2, 0.25) is 0 Å². The summed E-state index contributed by atoms with van der Waals surface area (Å²) in [7, 11) is 1.58. The summed E-state index contributed by atoms with van der Waals surface area (Å²) in [6.07, 6.45) is -0.254. The van der Waals surface area contributed by atoms with Gasteiger partial charge in [0.25, 0.3) is 0 Å². The molecule has 0 spiro atoms. The Balaban J connectivity index is 2.86. The van der Waals surface area contributed by atoms with Gasteiger partial charge in [-0.25, -0.2) is 0 Å². The average molecular weight is 252 g/mol. The molecule has 0 fully saturated rings. The molecular formula is C14H20O4. The highest BCUT2D eigenvalue weighted by atomic mass is 16.5. The van der Waals surface area contributed by atoms with Crippen molar-refractivity contribution < 1.29 is 19.7 Å². The van der Waals surface area contributed by atoms with Crippen molar-refractivity contribution >= 4 is 5.97 Å². The van der Waals surface area contributed by atoms with E-state index in [1.807, 2.05) is 24.3 Å². The van der Waals surface area contributed by atoms with Gasteiger partial charge in [-0.2, -0.15) is 0 Å². The third kappa shape index (κ3) is 3.74. The van der Waals surface area contributed by atoms with Gasteiger partial charge < -0.3 is 14.9 Å². The van der Waals surface area contributed by atoms with E-state index in [1.54, 1.807) is 21.0 Å². The lowest BCUT2D eigenvalue weighted by Gasteiger charge is -2.22. The number of ether oxygens (including phenoxy) is 1. The molecule has 0 aliphatic rings. The molecule has 4 heteroatoms. The first-order valence-corrected chi connectivity index (χ1v) is 5.99. The van der Waals surface area contributed by atoms with Gasteiger partial charge in [-0.05, 0) is 37.0 Å². The van der Waals surface area contributed by atoms with Gasteiger partial charge in [0.1, 0.15) is 5.75 Å². The van der Waals surface area contributed by atoms with Crippen molar-refractivity contribution in [1.29, 1.82) is 0 Å². The Kier molecular flexibility index (Phi) is 5.16. The highest BCUT2D eigenvalue weighted by Gasteiger charge is 2.28. The average Bonchev–Trinajstić information content (AvgIpc) is 2.35. The minimum absolute atomic E-state index is 0.297. The van der Waals surface area contributed by atoms with Gasteiger partial charge in [-0.15, -0.1) is 0 Å². The summed E-state index contributed by atoms with van der Waals surface area (Å²) in [4.78, 5) is 11.3. The summed E-state index contributed by atoms with van der Waals surface area (Å²) in [5.74, 6) is -1.07. The smallest absolute Gasteiger partial charge is 0.307 e. The number of hydrogen-bond acceptors (Lipinski definition) is 3. The number of aliphatic carboxylic acids is 1. The Hall–Kier alpha value is -1.55. The highest BCUT2D eigenvalue weighted by Crippen LogP contribution is 2.23. The Morgan fingerprint density at radius 1 is 1.39 bits per heavy atom. The Labute approximate surface area is 107 Å². The summed E-state index contributed by atoms with van der Waals surface area (Å²) >= 11 is 0. The molecule has 2 N–H and O–H groups in total. The van der Waals surface area contributed by atoms with E-state index < -0.39 is 18.0 Å². The maximum Gasteiger partial charge on any atom is 0.307 e. The van der Waals surface area contributed by atoms with Gasteiger partial charge in [0, 0.05) is 0 Å². The van der Waals surface area contributed by atoms with Crippen LogP contribution in [0.1, 0.15) is 19.4 Å². The molecule has 0 saturated heterocycles. The third-order valence-corrected chi connectivity index (χ3v) is 3.30. The fourth-order valence-corrected chi connectivity index (χ4v) is 1.89. The molecule has 4 nitrogen and oxygen atoms in total. The van der Waals surface area contributed by atoms with E-state index in [9.17, 15) is 15.0 Å². The predicted molar refractivity (Wildman–Crippen MR) is 68.7 cm³/mol. The lowest BCUT2D eigenvalue weighted by molar-refractivity contribution is -0.145. The van der Waals surface area contributed by atoms with E-state index in [0.29, 0.717) is 12.2 Å². The monoisotopic (exact) mass is 252 g/mol. The van der Waals surface area contributed by atoms with Crippen molar-refractivity contribution in [3.63, 3.8) is 0 Å². The minimum Gasteiger partial charge on any atom is -0.497 e. The van der Waals surface area contributed by atoms with E-state index in [0.717, 1.165) is 5.56 Å². The zero-order valence-corrected chi connectivity index (χ0v) is 11.0. The zero-order chi connectivity index (χ0) is 13.7. The Morgan fingerprint density at radius 3 is 2.56 bits per heavy atom. The number of methoxy groups -OCH3 is 1. The molecular weight excluding hydrogens is 232 g/mol. The van der Waals surface area contributed by atoms with Crippen molar-refractivity contribution in [1.82, 2.24) is 0 Å². The van der Waals surface area contributed by atoms with Crippen molar-refractivity contribution in [3.05, 3.63) is 29.8 Å². The normalized spacial score (nSPS) is 15.8. The van der Waals surface area contributed by atoms with Crippen LogP contribution in [0.5, 0.6) is 5.75 Å². The fraction of sp³-hybridized carbons (Fsp3) is 0.500. The van der Waals surface area contributed by atoms with Gasteiger partial charge in [0.05, 0.1) is 19.1 Å². The number of carboxylic acids is 1. The maximum atomic E-state index is 11.3. The highest BCUT2D eigenvalue weighted by molar-refractivity contribution is 5.70. The molecule has 100 valence electrons. The van der Waals surface area contributed by atoms with Crippen LogP contribution < -0.4 is 4.74 Å². The molecule has 1 rings (SSSR count). The van der Waals surface area contributed by atoms with E-state index in [1.165, 1.54) is 0 Å². The second kappa shape index (κ2) is 6.40. The molecule has 1 aromatic rings. The molecule has 0 saturated carbocycles. The van der Waals surface area contributed by atoms with Crippen LogP contribution in [-0.2, 0) is 11.2 Å². The fourth-order valence-electron chi connectivity index (χ4n) is 1.89. The van der Waals surface area contributed by atoms with E-state index >= 15 is 0 Å². The van der Waals surface area contributed by atoms with Gasteiger partial charge >= 0.3 is 5.97 Å². The molecule has 0 heterocycles.